The molecule has 4 heteroatoms. The second kappa shape index (κ2) is 5.27. The molecule has 0 amide bonds. The van der Waals surface area contributed by atoms with Gasteiger partial charge in [0.15, 0.2) is 0 Å². The highest BCUT2D eigenvalue weighted by Gasteiger charge is 2.23. The van der Waals surface area contributed by atoms with Crippen LogP contribution in [0.5, 0.6) is 0 Å². The Morgan fingerprint density at radius 3 is 2.75 bits per heavy atom. The van der Waals surface area contributed by atoms with Crippen LogP contribution in [0, 0.1) is 0 Å². The molecule has 1 aromatic rings. The second-order valence-corrected chi connectivity index (χ2v) is 5.32. The van der Waals surface area contributed by atoms with E-state index in [-0.39, 0.29) is 6.04 Å². The van der Waals surface area contributed by atoms with Gasteiger partial charge in [0.25, 0.3) is 0 Å². The Hall–Kier alpha value is -0.420. The van der Waals surface area contributed by atoms with E-state index in [0.717, 1.165) is 24.1 Å². The van der Waals surface area contributed by atoms with Gasteiger partial charge in [0.05, 0.1) is 0 Å². The van der Waals surface area contributed by atoms with Gasteiger partial charge in [-0.05, 0) is 24.7 Å². The van der Waals surface area contributed by atoms with Crippen molar-refractivity contribution in [3.05, 3.63) is 34.3 Å². The number of rotatable bonds is 2. The lowest BCUT2D eigenvalue weighted by atomic mass is 9.98. The molecule has 2 unspecified atom stereocenters. The highest BCUT2D eigenvalue weighted by molar-refractivity contribution is 9.10. The van der Waals surface area contributed by atoms with Gasteiger partial charge >= 0.3 is 0 Å². The van der Waals surface area contributed by atoms with Crippen LogP contribution in [-0.4, -0.2) is 37.6 Å². The van der Waals surface area contributed by atoms with Crippen molar-refractivity contribution in [3.63, 3.8) is 0 Å². The molecule has 0 aliphatic carbocycles. The normalized spacial score (nSPS) is 24.3. The molecule has 3 N–H and O–H groups in total. The Morgan fingerprint density at radius 1 is 1.44 bits per heavy atom. The first-order chi connectivity index (χ1) is 7.66. The maximum Gasteiger partial charge on any atom is 0.0463 e. The standard InChI is InChI=1S/C12H18BrN3/c1-16-7-6-15-11(8-16)12(14)9-2-4-10(13)5-3-9/h2-5,11-12,15H,6-8,14H2,1H3. The van der Waals surface area contributed by atoms with E-state index in [4.69, 9.17) is 5.73 Å². The van der Waals surface area contributed by atoms with Gasteiger partial charge in [0.2, 0.25) is 0 Å². The molecule has 0 saturated carbocycles. The van der Waals surface area contributed by atoms with Crippen molar-refractivity contribution < 1.29 is 0 Å². The number of nitrogens with one attached hydrogen (secondary N) is 1. The van der Waals surface area contributed by atoms with Gasteiger partial charge in [-0.2, -0.15) is 0 Å². The minimum absolute atomic E-state index is 0.0656. The highest BCUT2D eigenvalue weighted by Crippen LogP contribution is 2.19. The molecule has 16 heavy (non-hydrogen) atoms. The number of halogens is 1. The average molecular weight is 284 g/mol. The summed E-state index contributed by atoms with van der Waals surface area (Å²) in [6.45, 7) is 3.13. The van der Waals surface area contributed by atoms with E-state index >= 15 is 0 Å². The maximum atomic E-state index is 6.28. The first-order valence-electron chi connectivity index (χ1n) is 5.60. The number of nitrogens with two attached hydrogens (primary N) is 1. The van der Waals surface area contributed by atoms with Crippen molar-refractivity contribution >= 4 is 15.9 Å². The molecule has 1 heterocycles. The van der Waals surface area contributed by atoms with E-state index in [1.54, 1.807) is 0 Å². The summed E-state index contributed by atoms with van der Waals surface area (Å²) in [6.07, 6.45) is 0. The molecular weight excluding hydrogens is 266 g/mol. The van der Waals surface area contributed by atoms with Crippen LogP contribution in [0.25, 0.3) is 0 Å². The highest BCUT2D eigenvalue weighted by atomic mass is 79.9. The predicted octanol–water partition coefficient (Wildman–Crippen LogP) is 1.35. The van der Waals surface area contributed by atoms with Gasteiger partial charge in [0.1, 0.15) is 0 Å². The fourth-order valence-corrected chi connectivity index (χ4v) is 2.35. The van der Waals surface area contributed by atoms with Crippen molar-refractivity contribution in [1.29, 1.82) is 0 Å². The van der Waals surface area contributed by atoms with Gasteiger partial charge in [-0.1, -0.05) is 28.1 Å². The summed E-state index contributed by atoms with van der Waals surface area (Å²) < 4.78 is 1.09. The molecule has 2 atom stereocenters. The third kappa shape index (κ3) is 2.83. The predicted molar refractivity (Wildman–Crippen MR) is 70.4 cm³/mol. The zero-order valence-corrected chi connectivity index (χ0v) is 11.1. The topological polar surface area (TPSA) is 41.3 Å². The van der Waals surface area contributed by atoms with Crippen LogP contribution in [0.2, 0.25) is 0 Å². The first-order valence-corrected chi connectivity index (χ1v) is 6.39. The largest absolute Gasteiger partial charge is 0.323 e. The molecule has 88 valence electrons. The first kappa shape index (κ1) is 12.0. The monoisotopic (exact) mass is 283 g/mol. The molecule has 1 saturated heterocycles. The van der Waals surface area contributed by atoms with E-state index in [1.807, 2.05) is 12.1 Å². The summed E-state index contributed by atoms with van der Waals surface area (Å²) in [7, 11) is 2.14. The summed E-state index contributed by atoms with van der Waals surface area (Å²) >= 11 is 3.44. The Bertz CT molecular complexity index is 339. The van der Waals surface area contributed by atoms with E-state index in [1.165, 1.54) is 5.56 Å². The van der Waals surface area contributed by atoms with Crippen molar-refractivity contribution in [1.82, 2.24) is 10.2 Å². The summed E-state index contributed by atoms with van der Waals surface area (Å²) in [5, 5.41) is 3.48. The van der Waals surface area contributed by atoms with E-state index in [0.29, 0.717) is 6.04 Å². The van der Waals surface area contributed by atoms with Crippen LogP contribution in [-0.2, 0) is 0 Å². The molecule has 0 radical (unpaired) electrons. The lowest BCUT2D eigenvalue weighted by molar-refractivity contribution is 0.220. The lowest BCUT2D eigenvalue weighted by Crippen LogP contribution is -2.53. The minimum Gasteiger partial charge on any atom is -0.323 e. The number of benzene rings is 1. The number of nitrogens with zero attached hydrogens (tertiary/aromatic N) is 1. The van der Waals surface area contributed by atoms with Crippen molar-refractivity contribution in [2.75, 3.05) is 26.7 Å². The Balaban J connectivity index is 2.06. The summed E-state index contributed by atoms with van der Waals surface area (Å²) in [4.78, 5) is 2.32. The van der Waals surface area contributed by atoms with Crippen LogP contribution in [0.15, 0.2) is 28.7 Å². The summed E-state index contributed by atoms with van der Waals surface area (Å²) in [5.74, 6) is 0. The zero-order chi connectivity index (χ0) is 11.5. The smallest absolute Gasteiger partial charge is 0.0463 e. The van der Waals surface area contributed by atoms with E-state index in [2.05, 4.69) is 45.3 Å². The Labute approximate surface area is 105 Å². The van der Waals surface area contributed by atoms with Crippen LogP contribution >= 0.6 is 15.9 Å². The van der Waals surface area contributed by atoms with Crippen LogP contribution in [0.3, 0.4) is 0 Å². The number of hydrogen-bond donors (Lipinski definition) is 2. The molecule has 1 fully saturated rings. The lowest BCUT2D eigenvalue weighted by Gasteiger charge is -2.34. The molecule has 1 aromatic carbocycles. The van der Waals surface area contributed by atoms with Gasteiger partial charge < -0.3 is 16.0 Å². The second-order valence-electron chi connectivity index (χ2n) is 4.40. The Kier molecular flexibility index (Phi) is 3.97. The zero-order valence-electron chi connectivity index (χ0n) is 9.49. The summed E-state index contributed by atoms with van der Waals surface area (Å²) in [5.41, 5.74) is 7.47. The van der Waals surface area contributed by atoms with Gasteiger partial charge in [-0.25, -0.2) is 0 Å². The quantitative estimate of drug-likeness (QED) is 0.861. The third-order valence-corrected chi connectivity index (χ3v) is 3.63. The van der Waals surface area contributed by atoms with Gasteiger partial charge in [-0.3, -0.25) is 0 Å². The van der Waals surface area contributed by atoms with Crippen molar-refractivity contribution in [2.24, 2.45) is 5.73 Å². The van der Waals surface area contributed by atoms with Crippen LogP contribution < -0.4 is 11.1 Å². The molecule has 0 bridgehead atoms. The number of likely N-dealkylation sites (N-methyl/N-ethyl adjacent to an activating group) is 1. The minimum atomic E-state index is 0.0656. The average Bonchev–Trinajstić information content (AvgIpc) is 2.29. The van der Waals surface area contributed by atoms with Crippen LogP contribution in [0.1, 0.15) is 11.6 Å². The van der Waals surface area contributed by atoms with Crippen LogP contribution in [0.4, 0.5) is 0 Å². The number of hydrogen-bond acceptors (Lipinski definition) is 3. The Morgan fingerprint density at radius 2 is 2.12 bits per heavy atom. The van der Waals surface area contributed by atoms with Gasteiger partial charge in [0, 0.05) is 36.2 Å². The molecule has 2 rings (SSSR count). The molecular formula is C12H18BrN3. The summed E-state index contributed by atoms with van der Waals surface area (Å²) in [6, 6.07) is 8.68. The third-order valence-electron chi connectivity index (χ3n) is 3.10. The fraction of sp³-hybridized carbons (Fsp3) is 0.500. The van der Waals surface area contributed by atoms with Crippen molar-refractivity contribution in [2.45, 2.75) is 12.1 Å². The van der Waals surface area contributed by atoms with Gasteiger partial charge in [-0.15, -0.1) is 0 Å². The fourth-order valence-electron chi connectivity index (χ4n) is 2.09. The molecule has 0 spiro atoms. The number of piperazine rings is 1. The van der Waals surface area contributed by atoms with E-state index in [9.17, 15) is 0 Å². The molecule has 0 aromatic heterocycles. The van der Waals surface area contributed by atoms with E-state index < -0.39 is 0 Å². The molecule has 1 aliphatic heterocycles. The molecule has 3 nitrogen and oxygen atoms in total. The SMILES string of the molecule is CN1CCNC(C(N)c2ccc(Br)cc2)C1. The maximum absolute atomic E-state index is 6.28. The van der Waals surface area contributed by atoms with Crippen molar-refractivity contribution in [3.8, 4) is 0 Å². The molecule has 1 aliphatic rings.